The first-order valence-corrected chi connectivity index (χ1v) is 11.6. The Kier molecular flexibility index (Phi) is 14.0. The summed E-state index contributed by atoms with van der Waals surface area (Å²) in [4.78, 5) is 17.5. The molecule has 0 aromatic heterocycles. The van der Waals surface area contributed by atoms with Gasteiger partial charge in [-0.2, -0.15) is 0 Å². The fraction of sp³-hybridized carbons (Fsp3) is 0.913. The highest BCUT2D eigenvalue weighted by Crippen LogP contribution is 2.28. The van der Waals surface area contributed by atoms with Crippen LogP contribution in [0.2, 0.25) is 0 Å². The second-order valence-corrected chi connectivity index (χ2v) is 9.04. The highest BCUT2D eigenvalue weighted by molar-refractivity contribution is 5.82. The van der Waals surface area contributed by atoms with E-state index < -0.39 is 0 Å². The zero-order valence-electron chi connectivity index (χ0n) is 19.4. The minimum absolute atomic E-state index is 0.0579. The maximum Gasteiger partial charge on any atom is 0.246 e. The minimum atomic E-state index is -0.281. The number of nitrogens with one attached hydrogen (secondary N) is 1. The molecule has 2 rings (SSSR count). The van der Waals surface area contributed by atoms with Crippen LogP contribution in [0.25, 0.3) is 0 Å². The van der Waals surface area contributed by atoms with Crippen molar-refractivity contribution >= 4 is 12.2 Å². The van der Waals surface area contributed by atoms with E-state index in [-0.39, 0.29) is 11.9 Å². The molecule has 2 saturated carbocycles. The second kappa shape index (κ2) is 15.7. The van der Waals surface area contributed by atoms with Crippen molar-refractivity contribution in [1.82, 2.24) is 10.2 Å². The van der Waals surface area contributed by atoms with E-state index in [1.165, 1.54) is 64.1 Å². The van der Waals surface area contributed by atoms with E-state index in [1.807, 2.05) is 0 Å². The standard InChI is InChI=1S/C13H25N3O.C10H21NO/c1-16(2)13(17)12(15-10-14)9-8-11-6-4-3-5-7-11;1-9-4-3-5-10(8-9)11-6-7-12-2/h10-12H,3-9H2,1-2H3,(H2,14,15);9-11H,3-8H2,1-2H3. The zero-order valence-corrected chi connectivity index (χ0v) is 19.4. The Balaban J connectivity index is 0.000000308. The molecule has 2 aliphatic carbocycles. The summed E-state index contributed by atoms with van der Waals surface area (Å²) < 4.78 is 5.00. The van der Waals surface area contributed by atoms with Gasteiger partial charge in [-0.05, 0) is 37.5 Å². The Morgan fingerprint density at radius 2 is 1.93 bits per heavy atom. The van der Waals surface area contributed by atoms with Crippen molar-refractivity contribution in [2.75, 3.05) is 34.4 Å². The molecule has 0 aromatic rings. The third kappa shape index (κ3) is 11.6. The maximum absolute atomic E-state index is 11.9. The Morgan fingerprint density at radius 1 is 1.21 bits per heavy atom. The molecule has 3 unspecified atom stereocenters. The normalized spacial score (nSPS) is 24.0. The summed E-state index contributed by atoms with van der Waals surface area (Å²) >= 11 is 0. The van der Waals surface area contributed by atoms with Crippen molar-refractivity contribution in [1.29, 1.82) is 0 Å². The number of nitrogens with zero attached hydrogens (tertiary/aromatic N) is 2. The van der Waals surface area contributed by atoms with Crippen LogP contribution in [-0.2, 0) is 9.53 Å². The van der Waals surface area contributed by atoms with Crippen LogP contribution in [0.1, 0.15) is 77.6 Å². The van der Waals surface area contributed by atoms with Gasteiger partial charge in [0.15, 0.2) is 0 Å². The van der Waals surface area contributed by atoms with E-state index in [0.29, 0.717) is 0 Å². The van der Waals surface area contributed by atoms with Gasteiger partial charge in [0.1, 0.15) is 6.04 Å². The molecule has 1 amide bonds. The Morgan fingerprint density at radius 3 is 2.52 bits per heavy atom. The average molecular weight is 411 g/mol. The molecule has 2 aliphatic rings. The van der Waals surface area contributed by atoms with Gasteiger partial charge in [-0.25, -0.2) is 0 Å². The lowest BCUT2D eigenvalue weighted by Crippen LogP contribution is -2.35. The molecule has 6 heteroatoms. The number of methoxy groups -OCH3 is 1. The number of ether oxygens (including phenoxy) is 1. The van der Waals surface area contributed by atoms with E-state index >= 15 is 0 Å². The van der Waals surface area contributed by atoms with Gasteiger partial charge in [0.2, 0.25) is 5.91 Å². The fourth-order valence-electron chi connectivity index (χ4n) is 4.52. The predicted molar refractivity (Wildman–Crippen MR) is 122 cm³/mol. The van der Waals surface area contributed by atoms with Gasteiger partial charge in [0.25, 0.3) is 0 Å². The molecular formula is C23H46N4O2. The van der Waals surface area contributed by atoms with Crippen LogP contribution < -0.4 is 11.1 Å². The molecule has 0 saturated heterocycles. The maximum atomic E-state index is 11.9. The summed E-state index contributed by atoms with van der Waals surface area (Å²) in [7, 11) is 5.29. The van der Waals surface area contributed by atoms with Crippen molar-refractivity contribution in [3.8, 4) is 0 Å². The largest absolute Gasteiger partial charge is 0.390 e. The molecule has 0 aromatic carbocycles. The van der Waals surface area contributed by atoms with Crippen LogP contribution >= 0.6 is 0 Å². The molecule has 6 nitrogen and oxygen atoms in total. The molecule has 3 N–H and O–H groups in total. The molecule has 170 valence electrons. The number of carbonyl (C=O) groups is 1. The Hall–Kier alpha value is -1.14. The zero-order chi connectivity index (χ0) is 21.5. The predicted octanol–water partition coefficient (Wildman–Crippen LogP) is 3.59. The SMILES string of the molecule is CN(C)C(=O)C(CCC1CCCCC1)N=CN.COCCNC1CCCC(C)C1. The van der Waals surface area contributed by atoms with Crippen molar-refractivity contribution < 1.29 is 9.53 Å². The van der Waals surface area contributed by atoms with Crippen LogP contribution in [0.15, 0.2) is 4.99 Å². The van der Waals surface area contributed by atoms with Crippen molar-refractivity contribution in [2.45, 2.75) is 89.6 Å². The van der Waals surface area contributed by atoms with Gasteiger partial charge in [-0.15, -0.1) is 0 Å². The summed E-state index contributed by atoms with van der Waals surface area (Å²) in [5, 5.41) is 3.53. The third-order valence-electron chi connectivity index (χ3n) is 6.24. The highest BCUT2D eigenvalue weighted by atomic mass is 16.5. The van der Waals surface area contributed by atoms with Crippen LogP contribution in [0.4, 0.5) is 0 Å². The number of likely N-dealkylation sites (N-methyl/N-ethyl adjacent to an activating group) is 1. The van der Waals surface area contributed by atoms with Gasteiger partial charge in [-0.1, -0.05) is 51.9 Å². The van der Waals surface area contributed by atoms with Crippen molar-refractivity contribution in [2.24, 2.45) is 22.6 Å². The van der Waals surface area contributed by atoms with Crippen LogP contribution in [0.5, 0.6) is 0 Å². The lowest BCUT2D eigenvalue weighted by atomic mass is 9.85. The summed E-state index contributed by atoms with van der Waals surface area (Å²) in [6.45, 7) is 4.20. The molecule has 29 heavy (non-hydrogen) atoms. The van der Waals surface area contributed by atoms with Gasteiger partial charge in [0.05, 0.1) is 12.9 Å². The van der Waals surface area contributed by atoms with E-state index in [4.69, 9.17) is 10.5 Å². The average Bonchev–Trinajstić information content (AvgIpc) is 2.72. The first-order valence-electron chi connectivity index (χ1n) is 11.6. The monoisotopic (exact) mass is 410 g/mol. The molecule has 0 heterocycles. The van der Waals surface area contributed by atoms with Crippen LogP contribution in [0.3, 0.4) is 0 Å². The van der Waals surface area contributed by atoms with Gasteiger partial charge in [0, 0.05) is 33.8 Å². The Bertz CT molecular complexity index is 450. The number of rotatable bonds is 9. The van der Waals surface area contributed by atoms with E-state index in [2.05, 4.69) is 17.2 Å². The smallest absolute Gasteiger partial charge is 0.246 e. The number of carbonyl (C=O) groups excluding carboxylic acids is 1. The molecule has 0 aliphatic heterocycles. The number of nitrogens with two attached hydrogens (primary N) is 1. The van der Waals surface area contributed by atoms with E-state index in [9.17, 15) is 4.79 Å². The third-order valence-corrected chi connectivity index (χ3v) is 6.24. The number of hydrogen-bond acceptors (Lipinski definition) is 4. The molecule has 2 fully saturated rings. The van der Waals surface area contributed by atoms with Crippen LogP contribution in [0, 0.1) is 11.8 Å². The first kappa shape index (κ1) is 25.9. The molecular weight excluding hydrogens is 364 g/mol. The van der Waals surface area contributed by atoms with Gasteiger partial charge >= 0.3 is 0 Å². The molecule has 0 spiro atoms. The van der Waals surface area contributed by atoms with Crippen molar-refractivity contribution in [3.05, 3.63) is 0 Å². The summed E-state index contributed by atoms with van der Waals surface area (Å²) in [5.74, 6) is 1.76. The molecule has 0 bridgehead atoms. The Labute approximate surface area is 179 Å². The highest BCUT2D eigenvalue weighted by Gasteiger charge is 2.21. The lowest BCUT2D eigenvalue weighted by molar-refractivity contribution is -0.130. The summed E-state index contributed by atoms with van der Waals surface area (Å²) in [6, 6.07) is 0.473. The van der Waals surface area contributed by atoms with E-state index in [1.54, 1.807) is 26.1 Å². The van der Waals surface area contributed by atoms with E-state index in [0.717, 1.165) is 43.9 Å². The lowest BCUT2D eigenvalue weighted by Gasteiger charge is -2.27. The minimum Gasteiger partial charge on any atom is -0.390 e. The number of amides is 1. The second-order valence-electron chi connectivity index (χ2n) is 9.04. The molecule has 0 radical (unpaired) electrons. The fourth-order valence-corrected chi connectivity index (χ4v) is 4.52. The number of aliphatic imine (C=N–C) groups is 1. The van der Waals surface area contributed by atoms with Crippen LogP contribution in [-0.4, -0.2) is 63.6 Å². The first-order chi connectivity index (χ1) is 14.0. The quantitative estimate of drug-likeness (QED) is 0.346. The number of hydrogen-bond donors (Lipinski definition) is 2. The molecule has 3 atom stereocenters. The summed E-state index contributed by atoms with van der Waals surface area (Å²) in [6.07, 6.45) is 15.4. The summed E-state index contributed by atoms with van der Waals surface area (Å²) in [5.41, 5.74) is 5.31. The van der Waals surface area contributed by atoms with Crippen molar-refractivity contribution in [3.63, 3.8) is 0 Å². The topological polar surface area (TPSA) is 80.0 Å². The van der Waals surface area contributed by atoms with Gasteiger partial charge in [-0.3, -0.25) is 9.79 Å². The van der Waals surface area contributed by atoms with Gasteiger partial charge < -0.3 is 20.7 Å².